The lowest BCUT2D eigenvalue weighted by Gasteiger charge is -2.30. The summed E-state index contributed by atoms with van der Waals surface area (Å²) in [5.74, 6) is 0. The zero-order valence-corrected chi connectivity index (χ0v) is 39.6. The van der Waals surface area contributed by atoms with Crippen molar-refractivity contribution in [2.45, 2.75) is 78.6 Å². The fourth-order valence-corrected chi connectivity index (χ4v) is 9.11. The Morgan fingerprint density at radius 2 is 0.692 bits per heavy atom. The van der Waals surface area contributed by atoms with E-state index >= 15 is 0 Å². The largest absolute Gasteiger partial charge is 0.309 e. The van der Waals surface area contributed by atoms with Crippen molar-refractivity contribution in [3.8, 4) is 55.6 Å². The zero-order chi connectivity index (χ0) is 45.5. The highest BCUT2D eigenvalue weighted by Crippen LogP contribution is 2.48. The molecule has 0 aromatic heterocycles. The highest BCUT2D eigenvalue weighted by Gasteiger charge is 2.25. The summed E-state index contributed by atoms with van der Waals surface area (Å²) in [6.07, 6.45) is 0. The number of benzene rings is 9. The second kappa shape index (κ2) is 17.2. The Balaban J connectivity index is 1.24. The van der Waals surface area contributed by atoms with Crippen LogP contribution in [0.5, 0.6) is 0 Å². The standard InChI is InChI=1S/C64H61N/c1-62(2,3)51-37-33-48(34-38-51)55-23-13-15-27-59(55)65(54-39-35-47(36-40-54)46-31-29-45(30-32-46)44-19-11-10-12-20-44)60-28-16-14-24-57(60)58-26-18-22-49-21-17-25-56(61(49)58)50-41-52(63(4,5)6)43-53(42-50)64(7,8)9/h10-43H,1-9H3. The molecule has 0 saturated carbocycles. The van der Waals surface area contributed by atoms with Crippen molar-refractivity contribution in [3.63, 3.8) is 0 Å². The summed E-state index contributed by atoms with van der Waals surface area (Å²) in [5, 5.41) is 2.48. The second-order valence-electron chi connectivity index (χ2n) is 20.7. The fraction of sp³-hybridized carbons (Fsp3) is 0.188. The molecule has 0 radical (unpaired) electrons. The number of hydrogen-bond donors (Lipinski definition) is 0. The minimum absolute atomic E-state index is 0.00184. The highest BCUT2D eigenvalue weighted by atomic mass is 15.1. The van der Waals surface area contributed by atoms with Crippen LogP contribution in [0.1, 0.15) is 79.0 Å². The van der Waals surface area contributed by atoms with Crippen LogP contribution in [0, 0.1) is 0 Å². The first-order chi connectivity index (χ1) is 31.1. The molecule has 0 heterocycles. The molecule has 0 bridgehead atoms. The van der Waals surface area contributed by atoms with Crippen LogP contribution in [0.25, 0.3) is 66.4 Å². The minimum Gasteiger partial charge on any atom is -0.309 e. The Labute approximate surface area is 388 Å². The number of hydrogen-bond acceptors (Lipinski definition) is 1. The number of para-hydroxylation sites is 2. The molecule has 0 amide bonds. The van der Waals surface area contributed by atoms with E-state index in [0.29, 0.717) is 0 Å². The van der Waals surface area contributed by atoms with E-state index in [1.807, 2.05) is 0 Å². The summed E-state index contributed by atoms with van der Waals surface area (Å²) < 4.78 is 0. The van der Waals surface area contributed by atoms with Gasteiger partial charge in [0.15, 0.2) is 0 Å². The maximum atomic E-state index is 2.48. The summed E-state index contributed by atoms with van der Waals surface area (Å²) in [7, 11) is 0. The predicted molar refractivity (Wildman–Crippen MR) is 282 cm³/mol. The van der Waals surface area contributed by atoms with E-state index in [4.69, 9.17) is 0 Å². The summed E-state index contributed by atoms with van der Waals surface area (Å²) >= 11 is 0. The van der Waals surface area contributed by atoms with Gasteiger partial charge in [0.25, 0.3) is 0 Å². The van der Waals surface area contributed by atoms with E-state index in [1.54, 1.807) is 0 Å². The molecule has 9 aromatic rings. The molecule has 9 aromatic carbocycles. The van der Waals surface area contributed by atoms with Crippen LogP contribution in [0.4, 0.5) is 17.1 Å². The quantitative estimate of drug-likeness (QED) is 0.147. The summed E-state index contributed by atoms with van der Waals surface area (Å²) in [6, 6.07) is 76.6. The third-order valence-corrected chi connectivity index (χ3v) is 13.0. The number of nitrogens with zero attached hydrogens (tertiary/aromatic N) is 1. The van der Waals surface area contributed by atoms with Crippen molar-refractivity contribution in [1.29, 1.82) is 0 Å². The molecule has 322 valence electrons. The van der Waals surface area contributed by atoms with Gasteiger partial charge in [-0.25, -0.2) is 0 Å². The lowest BCUT2D eigenvalue weighted by atomic mass is 9.78. The number of rotatable bonds is 8. The maximum Gasteiger partial charge on any atom is 0.0540 e. The molecule has 9 rings (SSSR count). The molecule has 0 aliphatic rings. The van der Waals surface area contributed by atoms with Crippen molar-refractivity contribution in [2.24, 2.45) is 0 Å². The molecule has 0 saturated heterocycles. The SMILES string of the molecule is CC(C)(C)c1ccc(-c2ccccc2N(c2ccc(-c3ccc(-c4ccccc4)cc3)cc2)c2ccccc2-c2cccc3cccc(-c4cc(C(C)(C)C)cc(C(C)(C)C)c4)c23)cc1. The number of fused-ring (bicyclic) bond motifs is 1. The van der Waals surface area contributed by atoms with Gasteiger partial charge in [0, 0.05) is 16.8 Å². The van der Waals surface area contributed by atoms with Crippen LogP contribution in [0.3, 0.4) is 0 Å². The molecule has 0 spiro atoms. The average molecular weight is 844 g/mol. The molecule has 1 heteroatoms. The Kier molecular flexibility index (Phi) is 11.5. The van der Waals surface area contributed by atoms with Gasteiger partial charge in [0.05, 0.1) is 11.4 Å². The Morgan fingerprint density at radius 3 is 1.23 bits per heavy atom. The molecular formula is C64H61N. The van der Waals surface area contributed by atoms with E-state index in [0.717, 1.165) is 17.1 Å². The smallest absolute Gasteiger partial charge is 0.0540 e. The van der Waals surface area contributed by atoms with Crippen LogP contribution in [-0.4, -0.2) is 0 Å². The van der Waals surface area contributed by atoms with Gasteiger partial charge in [0.2, 0.25) is 0 Å². The van der Waals surface area contributed by atoms with Crippen molar-refractivity contribution < 1.29 is 0 Å². The molecule has 1 nitrogen and oxygen atoms in total. The monoisotopic (exact) mass is 843 g/mol. The molecule has 0 aliphatic carbocycles. The van der Waals surface area contributed by atoms with Crippen LogP contribution < -0.4 is 4.90 Å². The van der Waals surface area contributed by atoms with Crippen LogP contribution in [0.15, 0.2) is 206 Å². The van der Waals surface area contributed by atoms with E-state index in [2.05, 4.69) is 273 Å². The first-order valence-electron chi connectivity index (χ1n) is 23.2. The van der Waals surface area contributed by atoms with E-state index in [1.165, 1.54) is 83.1 Å². The lowest BCUT2D eigenvalue weighted by molar-refractivity contribution is 0.569. The topological polar surface area (TPSA) is 3.24 Å². The number of anilines is 3. The molecule has 0 atom stereocenters. The first kappa shape index (κ1) is 43.3. The molecular weight excluding hydrogens is 783 g/mol. The first-order valence-corrected chi connectivity index (χ1v) is 23.2. The van der Waals surface area contributed by atoms with Gasteiger partial charge in [-0.15, -0.1) is 0 Å². The van der Waals surface area contributed by atoms with Crippen molar-refractivity contribution in [3.05, 3.63) is 223 Å². The Morgan fingerprint density at radius 1 is 0.277 bits per heavy atom. The van der Waals surface area contributed by atoms with Crippen molar-refractivity contribution >= 4 is 27.8 Å². The van der Waals surface area contributed by atoms with Gasteiger partial charge in [-0.2, -0.15) is 0 Å². The van der Waals surface area contributed by atoms with Crippen LogP contribution in [-0.2, 0) is 16.2 Å². The molecule has 0 aliphatic heterocycles. The van der Waals surface area contributed by atoms with E-state index in [9.17, 15) is 0 Å². The van der Waals surface area contributed by atoms with Crippen molar-refractivity contribution in [2.75, 3.05) is 4.90 Å². The average Bonchev–Trinajstić information content (AvgIpc) is 3.31. The Bertz CT molecular complexity index is 3060. The van der Waals surface area contributed by atoms with Gasteiger partial charge in [-0.1, -0.05) is 244 Å². The second-order valence-corrected chi connectivity index (χ2v) is 20.7. The maximum absolute atomic E-state index is 2.48. The normalized spacial score (nSPS) is 12.1. The third-order valence-electron chi connectivity index (χ3n) is 13.0. The third kappa shape index (κ3) is 8.94. The molecule has 0 unspecified atom stereocenters. The van der Waals surface area contributed by atoms with Crippen LogP contribution in [0.2, 0.25) is 0 Å². The van der Waals surface area contributed by atoms with Gasteiger partial charge in [-0.3, -0.25) is 0 Å². The van der Waals surface area contributed by atoms with Gasteiger partial charge in [-0.05, 0) is 112 Å². The molecule has 0 N–H and O–H groups in total. The van der Waals surface area contributed by atoms with Crippen molar-refractivity contribution in [1.82, 2.24) is 0 Å². The van der Waals surface area contributed by atoms with Gasteiger partial charge in [0.1, 0.15) is 0 Å². The molecule has 0 fully saturated rings. The minimum atomic E-state index is -0.00184. The summed E-state index contributed by atoms with van der Waals surface area (Å²) in [4.78, 5) is 2.48. The highest BCUT2D eigenvalue weighted by molar-refractivity contribution is 6.09. The van der Waals surface area contributed by atoms with E-state index < -0.39 is 0 Å². The zero-order valence-electron chi connectivity index (χ0n) is 39.6. The van der Waals surface area contributed by atoms with Gasteiger partial charge >= 0.3 is 0 Å². The fourth-order valence-electron chi connectivity index (χ4n) is 9.11. The Hall–Kier alpha value is -6.96. The van der Waals surface area contributed by atoms with Gasteiger partial charge < -0.3 is 4.90 Å². The lowest BCUT2D eigenvalue weighted by Crippen LogP contribution is -2.16. The van der Waals surface area contributed by atoms with Crippen LogP contribution >= 0.6 is 0 Å². The van der Waals surface area contributed by atoms with E-state index in [-0.39, 0.29) is 16.2 Å². The summed E-state index contributed by atoms with van der Waals surface area (Å²) in [5.41, 5.74) is 19.5. The molecule has 65 heavy (non-hydrogen) atoms. The predicted octanol–water partition coefficient (Wildman–Crippen LogP) is 18.5. The summed E-state index contributed by atoms with van der Waals surface area (Å²) in [6.45, 7) is 20.8.